The molecule has 0 bridgehead atoms. The van der Waals surface area contributed by atoms with Gasteiger partial charge in [-0.1, -0.05) is 5.57 Å². The summed E-state index contributed by atoms with van der Waals surface area (Å²) in [5, 5.41) is 0. The highest BCUT2D eigenvalue weighted by Crippen LogP contribution is 2.19. The highest BCUT2D eigenvalue weighted by molar-refractivity contribution is 5.13. The van der Waals surface area contributed by atoms with Crippen LogP contribution in [0.2, 0.25) is 0 Å². The smallest absolute Gasteiger partial charge is 0.0950 e. The summed E-state index contributed by atoms with van der Waals surface area (Å²) in [5.41, 5.74) is 4.87. The third kappa shape index (κ3) is 2.22. The molecular formula is C9H14N2O. The summed E-state index contributed by atoms with van der Waals surface area (Å²) in [6, 6.07) is 2.01. The zero-order valence-electron chi connectivity index (χ0n) is 7.21. The number of rotatable bonds is 4. The van der Waals surface area contributed by atoms with Crippen LogP contribution in [-0.2, 0) is 0 Å². The third-order valence-corrected chi connectivity index (χ3v) is 1.70. The van der Waals surface area contributed by atoms with Gasteiger partial charge in [-0.25, -0.2) is 0 Å². The lowest BCUT2D eigenvalue weighted by Gasteiger charge is -2.13. The van der Waals surface area contributed by atoms with E-state index in [1.165, 1.54) is 0 Å². The van der Waals surface area contributed by atoms with E-state index in [-0.39, 0.29) is 6.04 Å². The van der Waals surface area contributed by atoms with Crippen LogP contribution in [-0.4, -0.2) is 0 Å². The monoisotopic (exact) mass is 166 g/mol. The molecule has 0 saturated carbocycles. The van der Waals surface area contributed by atoms with Crippen molar-refractivity contribution in [1.29, 1.82) is 0 Å². The number of nitrogens with one attached hydrogen (secondary N) is 1. The van der Waals surface area contributed by atoms with Crippen molar-refractivity contribution in [1.82, 2.24) is 5.43 Å². The highest BCUT2D eigenvalue weighted by Gasteiger charge is 2.09. The Morgan fingerprint density at radius 3 is 3.00 bits per heavy atom. The Kier molecular flexibility index (Phi) is 3.08. The topological polar surface area (TPSA) is 51.2 Å². The summed E-state index contributed by atoms with van der Waals surface area (Å²) in [6.07, 6.45) is 4.15. The number of hydrazine groups is 1. The quantitative estimate of drug-likeness (QED) is 0.407. The number of hydrogen-bond donors (Lipinski definition) is 2. The molecule has 0 aliphatic rings. The minimum atomic E-state index is 0.112. The maximum Gasteiger partial charge on any atom is 0.0950 e. The predicted octanol–water partition coefficient (Wildman–Crippen LogP) is 1.75. The number of nitrogens with two attached hydrogens (primary N) is 1. The average Bonchev–Trinajstić information content (AvgIpc) is 2.51. The zero-order chi connectivity index (χ0) is 8.97. The molecule has 0 fully saturated rings. The van der Waals surface area contributed by atoms with Crippen LogP contribution in [0.1, 0.15) is 24.9 Å². The van der Waals surface area contributed by atoms with Crippen LogP contribution in [0.4, 0.5) is 0 Å². The van der Waals surface area contributed by atoms with Gasteiger partial charge in [0.2, 0.25) is 0 Å². The summed E-state index contributed by atoms with van der Waals surface area (Å²) in [6.45, 7) is 5.80. The van der Waals surface area contributed by atoms with Gasteiger partial charge in [-0.05, 0) is 19.4 Å². The molecule has 1 rings (SSSR count). The molecule has 0 saturated heterocycles. The molecule has 0 radical (unpaired) electrons. The average molecular weight is 166 g/mol. The van der Waals surface area contributed by atoms with Gasteiger partial charge in [0, 0.05) is 5.56 Å². The fourth-order valence-corrected chi connectivity index (χ4v) is 1.09. The second-order valence-corrected chi connectivity index (χ2v) is 2.94. The first-order chi connectivity index (χ1) is 5.74. The minimum Gasteiger partial charge on any atom is -0.472 e. The molecule has 3 heteroatoms. The molecule has 0 spiro atoms. The van der Waals surface area contributed by atoms with Gasteiger partial charge in [-0.15, -0.1) is 6.58 Å². The van der Waals surface area contributed by atoms with E-state index in [9.17, 15) is 0 Å². The number of furan rings is 1. The van der Waals surface area contributed by atoms with Crippen molar-refractivity contribution < 1.29 is 4.42 Å². The molecule has 0 aromatic carbocycles. The Labute approximate surface area is 72.2 Å². The lowest BCUT2D eigenvalue weighted by Crippen LogP contribution is -2.27. The molecule has 0 aliphatic carbocycles. The third-order valence-electron chi connectivity index (χ3n) is 1.70. The fraction of sp³-hybridized carbons (Fsp3) is 0.333. The molecule has 1 atom stereocenters. The van der Waals surface area contributed by atoms with Crippen LogP contribution in [0.5, 0.6) is 0 Å². The van der Waals surface area contributed by atoms with Crippen LogP contribution < -0.4 is 11.3 Å². The first kappa shape index (κ1) is 9.03. The lowest BCUT2D eigenvalue weighted by atomic mass is 10.0. The summed E-state index contributed by atoms with van der Waals surface area (Å²) in [5.74, 6) is 5.38. The van der Waals surface area contributed by atoms with Crippen molar-refractivity contribution in [2.45, 2.75) is 19.4 Å². The van der Waals surface area contributed by atoms with Crippen molar-refractivity contribution in [3.8, 4) is 0 Å². The van der Waals surface area contributed by atoms with E-state index in [2.05, 4.69) is 12.0 Å². The lowest BCUT2D eigenvalue weighted by molar-refractivity contribution is 0.525. The first-order valence-electron chi connectivity index (χ1n) is 3.86. The second-order valence-electron chi connectivity index (χ2n) is 2.94. The standard InChI is InChI=1S/C9H14N2O/c1-7(2)5-9(11-10)8-3-4-12-6-8/h3-4,6,9,11H,1,5,10H2,2H3. The fourth-order valence-electron chi connectivity index (χ4n) is 1.09. The van der Waals surface area contributed by atoms with Gasteiger partial charge >= 0.3 is 0 Å². The van der Waals surface area contributed by atoms with Gasteiger partial charge in [0.25, 0.3) is 0 Å². The Bertz CT molecular complexity index is 241. The molecule has 3 nitrogen and oxygen atoms in total. The number of hydrogen-bond acceptors (Lipinski definition) is 3. The Balaban J connectivity index is 2.63. The summed E-state index contributed by atoms with van der Waals surface area (Å²) < 4.78 is 4.95. The van der Waals surface area contributed by atoms with E-state index in [1.54, 1.807) is 12.5 Å². The summed E-state index contributed by atoms with van der Waals surface area (Å²) >= 11 is 0. The molecular weight excluding hydrogens is 152 g/mol. The van der Waals surface area contributed by atoms with Crippen molar-refractivity contribution in [2.75, 3.05) is 0 Å². The normalized spacial score (nSPS) is 12.8. The SMILES string of the molecule is C=C(C)CC(NN)c1ccoc1. The van der Waals surface area contributed by atoms with E-state index < -0.39 is 0 Å². The van der Waals surface area contributed by atoms with Crippen molar-refractivity contribution >= 4 is 0 Å². The minimum absolute atomic E-state index is 0.112. The van der Waals surface area contributed by atoms with Gasteiger partial charge in [-0.3, -0.25) is 11.3 Å². The molecule has 1 aromatic heterocycles. The van der Waals surface area contributed by atoms with E-state index in [0.29, 0.717) is 0 Å². The highest BCUT2D eigenvalue weighted by atomic mass is 16.3. The van der Waals surface area contributed by atoms with Crippen LogP contribution in [0.3, 0.4) is 0 Å². The maximum atomic E-state index is 5.38. The maximum absolute atomic E-state index is 5.38. The van der Waals surface area contributed by atoms with Crippen molar-refractivity contribution in [3.63, 3.8) is 0 Å². The molecule has 1 heterocycles. The van der Waals surface area contributed by atoms with Crippen LogP contribution >= 0.6 is 0 Å². The molecule has 3 N–H and O–H groups in total. The first-order valence-corrected chi connectivity index (χ1v) is 3.86. The Hall–Kier alpha value is -1.06. The largest absolute Gasteiger partial charge is 0.472 e. The Morgan fingerprint density at radius 2 is 2.58 bits per heavy atom. The predicted molar refractivity (Wildman–Crippen MR) is 48.2 cm³/mol. The Morgan fingerprint density at radius 1 is 1.83 bits per heavy atom. The molecule has 0 amide bonds. The van der Waals surface area contributed by atoms with Crippen LogP contribution in [0.15, 0.2) is 35.2 Å². The molecule has 0 aliphatic heterocycles. The van der Waals surface area contributed by atoms with Crippen molar-refractivity contribution in [3.05, 3.63) is 36.3 Å². The molecule has 66 valence electrons. The summed E-state index contributed by atoms with van der Waals surface area (Å²) in [7, 11) is 0. The van der Waals surface area contributed by atoms with Crippen LogP contribution in [0, 0.1) is 0 Å². The zero-order valence-corrected chi connectivity index (χ0v) is 7.21. The van der Waals surface area contributed by atoms with Gasteiger partial charge in [0.1, 0.15) is 0 Å². The van der Waals surface area contributed by atoms with Crippen molar-refractivity contribution in [2.24, 2.45) is 5.84 Å². The van der Waals surface area contributed by atoms with E-state index >= 15 is 0 Å². The van der Waals surface area contributed by atoms with E-state index in [4.69, 9.17) is 10.3 Å². The molecule has 1 aromatic rings. The van der Waals surface area contributed by atoms with Gasteiger partial charge < -0.3 is 4.42 Å². The van der Waals surface area contributed by atoms with E-state index in [0.717, 1.165) is 17.6 Å². The second kappa shape index (κ2) is 4.09. The molecule has 1 unspecified atom stereocenters. The van der Waals surface area contributed by atoms with Gasteiger partial charge in [-0.2, -0.15) is 0 Å². The van der Waals surface area contributed by atoms with E-state index in [1.807, 2.05) is 13.0 Å². The van der Waals surface area contributed by atoms with Gasteiger partial charge in [0.05, 0.1) is 18.6 Å². The summed E-state index contributed by atoms with van der Waals surface area (Å²) in [4.78, 5) is 0. The van der Waals surface area contributed by atoms with Gasteiger partial charge in [0.15, 0.2) is 0 Å². The molecule has 12 heavy (non-hydrogen) atoms. The van der Waals surface area contributed by atoms with Crippen LogP contribution in [0.25, 0.3) is 0 Å².